The normalized spacial score (nSPS) is 10.9. The fourth-order valence-electron chi connectivity index (χ4n) is 2.96. The fraction of sp³-hybridized carbons (Fsp3) is 0.160. The molecule has 0 unspecified atom stereocenters. The Balaban J connectivity index is 1.80. The molecule has 0 saturated carbocycles. The number of benzene rings is 3. The van der Waals surface area contributed by atoms with E-state index in [1.54, 1.807) is 18.2 Å². The van der Waals surface area contributed by atoms with Gasteiger partial charge in [0.25, 0.3) is 5.69 Å². The lowest BCUT2D eigenvalue weighted by atomic mass is 10.0. The van der Waals surface area contributed by atoms with Crippen molar-refractivity contribution in [1.82, 2.24) is 0 Å². The molecule has 6 nitrogen and oxygen atoms in total. The number of hydrogen-bond donors (Lipinski definition) is 0. The second kappa shape index (κ2) is 10.1. The Morgan fingerprint density at radius 3 is 2.35 bits per heavy atom. The molecular formula is C25H22N2O4. The van der Waals surface area contributed by atoms with Crippen LogP contribution in [-0.4, -0.2) is 11.5 Å². The van der Waals surface area contributed by atoms with E-state index >= 15 is 0 Å². The fourth-order valence-corrected chi connectivity index (χ4v) is 2.96. The van der Waals surface area contributed by atoms with E-state index in [-0.39, 0.29) is 12.3 Å². The van der Waals surface area contributed by atoms with Gasteiger partial charge in [-0.2, -0.15) is 5.26 Å². The van der Waals surface area contributed by atoms with Crippen LogP contribution in [0.15, 0.2) is 66.7 Å². The van der Waals surface area contributed by atoms with Crippen molar-refractivity contribution in [3.8, 4) is 17.6 Å². The highest BCUT2D eigenvalue weighted by Crippen LogP contribution is 2.31. The maximum atomic E-state index is 10.8. The molecule has 156 valence electrons. The smallest absolute Gasteiger partial charge is 0.269 e. The molecular weight excluding hydrogens is 392 g/mol. The third-order valence-electron chi connectivity index (χ3n) is 4.60. The third-order valence-corrected chi connectivity index (χ3v) is 4.60. The van der Waals surface area contributed by atoms with E-state index in [2.05, 4.69) is 6.07 Å². The predicted molar refractivity (Wildman–Crippen MR) is 120 cm³/mol. The lowest BCUT2D eigenvalue weighted by Crippen LogP contribution is -2.00. The number of non-ortho nitro benzene ring substituents is 1. The minimum atomic E-state index is -0.434. The molecule has 0 N–H and O–H groups in total. The SMILES string of the molecule is CCOc1cc(/C=C(/C#N)c2ccc(C)cc2)ccc1OCc1ccc([N+](=O)[O-])cc1. The van der Waals surface area contributed by atoms with E-state index in [4.69, 9.17) is 9.47 Å². The van der Waals surface area contributed by atoms with Gasteiger partial charge in [0.05, 0.1) is 23.2 Å². The Morgan fingerprint density at radius 2 is 1.74 bits per heavy atom. The lowest BCUT2D eigenvalue weighted by molar-refractivity contribution is -0.384. The van der Waals surface area contributed by atoms with E-state index < -0.39 is 4.92 Å². The zero-order valence-corrected chi connectivity index (χ0v) is 17.4. The van der Waals surface area contributed by atoms with Gasteiger partial charge in [-0.15, -0.1) is 0 Å². The maximum Gasteiger partial charge on any atom is 0.269 e. The minimum Gasteiger partial charge on any atom is -0.490 e. The van der Waals surface area contributed by atoms with Crippen LogP contribution in [0.5, 0.6) is 11.5 Å². The Morgan fingerprint density at radius 1 is 1.03 bits per heavy atom. The van der Waals surface area contributed by atoms with Crippen molar-refractivity contribution in [1.29, 1.82) is 5.26 Å². The Kier molecular flexibility index (Phi) is 7.02. The van der Waals surface area contributed by atoms with Crippen LogP contribution in [-0.2, 0) is 6.61 Å². The van der Waals surface area contributed by atoms with E-state index in [1.807, 2.05) is 56.3 Å². The van der Waals surface area contributed by atoms with Crippen LogP contribution in [0.25, 0.3) is 11.6 Å². The number of allylic oxidation sites excluding steroid dienone is 1. The molecule has 0 saturated heterocycles. The Labute approximate surface area is 181 Å². The van der Waals surface area contributed by atoms with Gasteiger partial charge in [0.1, 0.15) is 6.61 Å². The molecule has 0 aromatic heterocycles. The molecule has 0 atom stereocenters. The highest BCUT2D eigenvalue weighted by Gasteiger charge is 2.09. The second-order valence-corrected chi connectivity index (χ2v) is 6.89. The minimum absolute atomic E-state index is 0.0387. The van der Waals surface area contributed by atoms with Gasteiger partial charge in [0.2, 0.25) is 0 Å². The molecule has 3 rings (SSSR count). The van der Waals surface area contributed by atoms with Crippen LogP contribution in [0.1, 0.15) is 29.2 Å². The van der Waals surface area contributed by atoms with E-state index in [0.717, 1.165) is 22.3 Å². The van der Waals surface area contributed by atoms with Gasteiger partial charge >= 0.3 is 0 Å². The van der Waals surface area contributed by atoms with Crippen LogP contribution in [0.2, 0.25) is 0 Å². The van der Waals surface area contributed by atoms with Crippen molar-refractivity contribution in [2.45, 2.75) is 20.5 Å². The van der Waals surface area contributed by atoms with Crippen LogP contribution in [0, 0.1) is 28.4 Å². The van der Waals surface area contributed by atoms with Crippen LogP contribution < -0.4 is 9.47 Å². The standard InChI is InChI=1S/C25H22N2O4/c1-3-30-25-15-20(14-22(16-26)21-9-4-18(2)5-10-21)8-13-24(25)31-17-19-6-11-23(12-7-19)27(28)29/h4-15H,3,17H2,1-2H3/b22-14-. The molecule has 0 aliphatic heterocycles. The maximum absolute atomic E-state index is 10.8. The number of nitro benzene ring substituents is 1. The predicted octanol–water partition coefficient (Wildman–Crippen LogP) is 5.95. The summed E-state index contributed by atoms with van der Waals surface area (Å²) in [5.41, 5.74) is 4.21. The summed E-state index contributed by atoms with van der Waals surface area (Å²) in [5.74, 6) is 1.13. The van der Waals surface area contributed by atoms with Gasteiger partial charge in [-0.3, -0.25) is 10.1 Å². The summed E-state index contributed by atoms with van der Waals surface area (Å²) in [4.78, 5) is 10.3. The highest BCUT2D eigenvalue weighted by atomic mass is 16.6. The molecule has 0 aliphatic carbocycles. The van der Waals surface area contributed by atoms with Gasteiger partial charge in [0, 0.05) is 12.1 Å². The number of aryl methyl sites for hydroxylation is 1. The Bertz CT molecular complexity index is 1130. The molecule has 0 fully saturated rings. The van der Waals surface area contributed by atoms with Gasteiger partial charge in [-0.05, 0) is 60.9 Å². The number of nitro groups is 1. The van der Waals surface area contributed by atoms with Crippen molar-refractivity contribution >= 4 is 17.3 Å². The number of rotatable bonds is 8. The van der Waals surface area contributed by atoms with Gasteiger partial charge in [-0.1, -0.05) is 35.9 Å². The van der Waals surface area contributed by atoms with Gasteiger partial charge in [0.15, 0.2) is 11.5 Å². The molecule has 0 heterocycles. The van der Waals surface area contributed by atoms with Crippen molar-refractivity contribution < 1.29 is 14.4 Å². The molecule has 0 amide bonds. The summed E-state index contributed by atoms with van der Waals surface area (Å²) in [6.45, 7) is 4.60. The zero-order chi connectivity index (χ0) is 22.2. The molecule has 0 radical (unpaired) electrons. The van der Waals surface area contributed by atoms with Crippen molar-refractivity contribution in [2.24, 2.45) is 0 Å². The molecule has 3 aromatic carbocycles. The van der Waals surface area contributed by atoms with Crippen molar-refractivity contribution in [3.63, 3.8) is 0 Å². The first-order valence-corrected chi connectivity index (χ1v) is 9.82. The van der Waals surface area contributed by atoms with E-state index in [1.165, 1.54) is 12.1 Å². The van der Waals surface area contributed by atoms with Crippen LogP contribution >= 0.6 is 0 Å². The summed E-state index contributed by atoms with van der Waals surface area (Å²) < 4.78 is 11.6. The average Bonchev–Trinajstić information content (AvgIpc) is 2.78. The molecule has 6 heteroatoms. The number of ether oxygens (including phenoxy) is 2. The van der Waals surface area contributed by atoms with Gasteiger partial charge < -0.3 is 9.47 Å². The lowest BCUT2D eigenvalue weighted by Gasteiger charge is -2.13. The van der Waals surface area contributed by atoms with Crippen molar-refractivity contribution in [3.05, 3.63) is 99.1 Å². The van der Waals surface area contributed by atoms with Crippen molar-refractivity contribution in [2.75, 3.05) is 6.61 Å². The molecule has 0 spiro atoms. The molecule has 31 heavy (non-hydrogen) atoms. The molecule has 3 aromatic rings. The topological polar surface area (TPSA) is 85.4 Å². The quantitative estimate of drug-likeness (QED) is 0.197. The number of nitriles is 1. The summed E-state index contributed by atoms with van der Waals surface area (Å²) in [7, 11) is 0. The van der Waals surface area contributed by atoms with Crippen LogP contribution in [0.3, 0.4) is 0 Å². The first kappa shape index (κ1) is 21.6. The average molecular weight is 414 g/mol. The van der Waals surface area contributed by atoms with E-state index in [9.17, 15) is 15.4 Å². The number of hydrogen-bond acceptors (Lipinski definition) is 5. The van der Waals surface area contributed by atoms with E-state index in [0.29, 0.717) is 23.7 Å². The summed E-state index contributed by atoms with van der Waals surface area (Å²) in [5, 5.41) is 20.4. The largest absolute Gasteiger partial charge is 0.490 e. The molecule has 0 bridgehead atoms. The molecule has 0 aliphatic rings. The summed E-state index contributed by atoms with van der Waals surface area (Å²) >= 11 is 0. The Hall–Kier alpha value is -4.11. The monoisotopic (exact) mass is 414 g/mol. The second-order valence-electron chi connectivity index (χ2n) is 6.89. The highest BCUT2D eigenvalue weighted by molar-refractivity contribution is 5.89. The summed E-state index contributed by atoms with van der Waals surface area (Å²) in [6.07, 6.45) is 1.81. The zero-order valence-electron chi connectivity index (χ0n) is 17.4. The third kappa shape index (κ3) is 5.71. The number of nitrogens with zero attached hydrogens (tertiary/aromatic N) is 2. The first-order valence-electron chi connectivity index (χ1n) is 9.82. The van der Waals surface area contributed by atoms with Gasteiger partial charge in [-0.25, -0.2) is 0 Å². The van der Waals surface area contributed by atoms with Crippen LogP contribution in [0.4, 0.5) is 5.69 Å². The summed E-state index contributed by atoms with van der Waals surface area (Å²) in [6, 6.07) is 21.8. The first-order chi connectivity index (χ1) is 15.0.